The van der Waals surface area contributed by atoms with E-state index < -0.39 is 0 Å². The maximum Gasteiger partial charge on any atom is 0.330 e. The van der Waals surface area contributed by atoms with Crippen LogP contribution >= 0.6 is 11.3 Å². The fourth-order valence-electron chi connectivity index (χ4n) is 3.47. The number of thiazole rings is 1. The van der Waals surface area contributed by atoms with E-state index in [9.17, 15) is 9.59 Å². The van der Waals surface area contributed by atoms with E-state index >= 15 is 0 Å². The van der Waals surface area contributed by atoms with Gasteiger partial charge in [0.2, 0.25) is 0 Å². The Morgan fingerprint density at radius 1 is 1.20 bits per heavy atom. The number of aromatic nitrogens is 3. The lowest BCUT2D eigenvalue weighted by molar-refractivity contribution is 0.241. The van der Waals surface area contributed by atoms with Crippen molar-refractivity contribution < 1.29 is 0 Å². The molecule has 1 aliphatic rings. The fourth-order valence-corrected chi connectivity index (χ4v) is 4.60. The number of hydrogen-bond donors (Lipinski definition) is 0. The van der Waals surface area contributed by atoms with Crippen LogP contribution in [0.25, 0.3) is 10.2 Å². The van der Waals surface area contributed by atoms with E-state index in [2.05, 4.69) is 11.0 Å². The molecular formula is C18H20N4O2S. The minimum absolute atomic E-state index is 0.247. The number of likely N-dealkylation sites (tertiary alicyclic amines) is 1. The van der Waals surface area contributed by atoms with Crippen molar-refractivity contribution in [3.63, 3.8) is 0 Å². The smallest absolute Gasteiger partial charge is 0.299 e. The molecule has 4 rings (SSSR count). The summed E-state index contributed by atoms with van der Waals surface area (Å²) in [5.41, 5.74) is 1.25. The molecule has 0 bridgehead atoms. The molecule has 3 heterocycles. The van der Waals surface area contributed by atoms with Crippen LogP contribution in [0.15, 0.2) is 39.9 Å². The first-order valence-corrected chi connectivity index (χ1v) is 9.21. The van der Waals surface area contributed by atoms with Gasteiger partial charge in [-0.15, -0.1) is 11.3 Å². The van der Waals surface area contributed by atoms with Gasteiger partial charge in [0.15, 0.2) is 0 Å². The monoisotopic (exact) mass is 356 g/mol. The van der Waals surface area contributed by atoms with Crippen molar-refractivity contribution in [2.45, 2.75) is 25.4 Å². The first kappa shape index (κ1) is 16.2. The Labute approximate surface area is 149 Å². The number of rotatable bonds is 3. The lowest BCUT2D eigenvalue weighted by atomic mass is 10.2. The zero-order valence-corrected chi connectivity index (χ0v) is 15.1. The molecule has 0 saturated carbocycles. The quantitative estimate of drug-likeness (QED) is 0.720. The van der Waals surface area contributed by atoms with Crippen LogP contribution in [0, 0.1) is 0 Å². The van der Waals surface area contributed by atoms with Crippen LogP contribution in [-0.2, 0) is 20.6 Å². The van der Waals surface area contributed by atoms with Gasteiger partial charge in [-0.25, -0.2) is 9.78 Å². The zero-order chi connectivity index (χ0) is 17.6. The summed E-state index contributed by atoms with van der Waals surface area (Å²) in [4.78, 5) is 31.3. The zero-order valence-electron chi connectivity index (χ0n) is 14.3. The maximum absolute atomic E-state index is 12.2. The van der Waals surface area contributed by atoms with Crippen molar-refractivity contribution in [3.05, 3.63) is 61.9 Å². The Bertz CT molecular complexity index is 1020. The van der Waals surface area contributed by atoms with E-state index in [4.69, 9.17) is 4.98 Å². The highest BCUT2D eigenvalue weighted by Gasteiger charge is 2.29. The van der Waals surface area contributed by atoms with Gasteiger partial charge in [-0.1, -0.05) is 12.1 Å². The summed E-state index contributed by atoms with van der Waals surface area (Å²) in [6.45, 7) is 1.53. The molecule has 0 unspecified atom stereocenters. The average molecular weight is 356 g/mol. The van der Waals surface area contributed by atoms with Gasteiger partial charge in [-0.05, 0) is 31.5 Å². The Kier molecular flexibility index (Phi) is 4.05. The minimum atomic E-state index is -0.279. The normalized spacial score (nSPS) is 18.2. The number of para-hydroxylation sites is 1. The molecule has 2 aromatic heterocycles. The van der Waals surface area contributed by atoms with Crippen LogP contribution in [0.3, 0.4) is 0 Å². The van der Waals surface area contributed by atoms with E-state index in [0.717, 1.165) is 40.2 Å². The second kappa shape index (κ2) is 6.24. The van der Waals surface area contributed by atoms with Gasteiger partial charge >= 0.3 is 5.69 Å². The fraction of sp³-hybridized carbons (Fsp3) is 0.389. The summed E-state index contributed by atoms with van der Waals surface area (Å²) in [6, 6.07) is 9.99. The third-order valence-electron chi connectivity index (χ3n) is 4.95. The molecule has 7 heteroatoms. The van der Waals surface area contributed by atoms with Gasteiger partial charge in [-0.3, -0.25) is 18.8 Å². The summed E-state index contributed by atoms with van der Waals surface area (Å²) in [5.74, 6) is 0. The number of fused-ring (bicyclic) bond motifs is 1. The molecular weight excluding hydrogens is 336 g/mol. The largest absolute Gasteiger partial charge is 0.330 e. The number of hydrogen-bond acceptors (Lipinski definition) is 5. The molecule has 3 aromatic rings. The summed E-state index contributed by atoms with van der Waals surface area (Å²) in [6.07, 6.45) is 2.15. The van der Waals surface area contributed by atoms with E-state index in [0.29, 0.717) is 6.54 Å². The van der Waals surface area contributed by atoms with Crippen molar-refractivity contribution >= 4 is 21.6 Å². The second-order valence-corrected chi connectivity index (χ2v) is 7.59. The first-order chi connectivity index (χ1) is 12.0. The first-order valence-electron chi connectivity index (χ1n) is 8.40. The van der Waals surface area contributed by atoms with Crippen molar-refractivity contribution in [2.24, 2.45) is 14.1 Å². The molecule has 25 heavy (non-hydrogen) atoms. The van der Waals surface area contributed by atoms with E-state index in [1.54, 1.807) is 29.0 Å². The van der Waals surface area contributed by atoms with Crippen molar-refractivity contribution in [2.75, 3.05) is 6.54 Å². The molecule has 0 amide bonds. The lowest BCUT2D eigenvalue weighted by Crippen LogP contribution is -2.39. The molecule has 0 N–H and O–H groups in total. The number of nitrogens with zero attached hydrogens (tertiary/aromatic N) is 4. The summed E-state index contributed by atoms with van der Waals surface area (Å²) in [5, 5.41) is 1.12. The van der Waals surface area contributed by atoms with Gasteiger partial charge in [-0.2, -0.15) is 0 Å². The third-order valence-corrected chi connectivity index (χ3v) is 6.09. The standard InChI is InChI=1S/C18H20N4O2S/c1-20-12(10-16(23)21(2)18(20)24)11-22-9-5-7-14(22)17-19-13-6-3-4-8-15(13)25-17/h3-4,6,8,10,14H,5,7,9,11H2,1-2H3/t14-/m0/s1. The minimum Gasteiger partial charge on any atom is -0.299 e. The maximum atomic E-state index is 12.2. The van der Waals surface area contributed by atoms with Gasteiger partial charge < -0.3 is 0 Å². The second-order valence-electron chi connectivity index (χ2n) is 6.52. The van der Waals surface area contributed by atoms with Crippen LogP contribution in [0.4, 0.5) is 0 Å². The highest BCUT2D eigenvalue weighted by molar-refractivity contribution is 7.18. The molecule has 1 atom stereocenters. The van der Waals surface area contributed by atoms with Crippen molar-refractivity contribution in [3.8, 4) is 0 Å². The molecule has 1 aliphatic heterocycles. The van der Waals surface area contributed by atoms with E-state index in [-0.39, 0.29) is 17.3 Å². The average Bonchev–Trinajstić information content (AvgIpc) is 3.23. The molecule has 0 aliphatic carbocycles. The third kappa shape index (κ3) is 2.83. The van der Waals surface area contributed by atoms with Crippen LogP contribution in [0.5, 0.6) is 0 Å². The molecule has 0 spiro atoms. The molecule has 1 aromatic carbocycles. The van der Waals surface area contributed by atoms with Crippen molar-refractivity contribution in [1.82, 2.24) is 19.0 Å². The molecule has 1 fully saturated rings. The SMILES string of the molecule is Cn1c(CN2CCC[C@H]2c2nc3ccccc3s2)cc(=O)n(C)c1=O. The van der Waals surface area contributed by atoms with Crippen molar-refractivity contribution in [1.29, 1.82) is 0 Å². The van der Waals surface area contributed by atoms with Gasteiger partial charge in [0.25, 0.3) is 5.56 Å². The van der Waals surface area contributed by atoms with Crippen LogP contribution in [0.2, 0.25) is 0 Å². The van der Waals surface area contributed by atoms with Gasteiger partial charge in [0.1, 0.15) is 5.01 Å². The van der Waals surface area contributed by atoms with Crippen LogP contribution < -0.4 is 11.2 Å². The molecule has 0 radical (unpaired) electrons. The Morgan fingerprint density at radius 3 is 2.80 bits per heavy atom. The highest BCUT2D eigenvalue weighted by atomic mass is 32.1. The predicted molar refractivity (Wildman–Crippen MR) is 98.9 cm³/mol. The highest BCUT2D eigenvalue weighted by Crippen LogP contribution is 2.36. The molecule has 130 valence electrons. The van der Waals surface area contributed by atoms with E-state index in [1.807, 2.05) is 18.2 Å². The Morgan fingerprint density at radius 2 is 2.00 bits per heavy atom. The molecule has 1 saturated heterocycles. The number of benzene rings is 1. The summed E-state index contributed by atoms with van der Waals surface area (Å²) >= 11 is 1.73. The predicted octanol–water partition coefficient (Wildman–Crippen LogP) is 2.03. The van der Waals surface area contributed by atoms with Crippen LogP contribution in [0.1, 0.15) is 29.6 Å². The summed E-state index contributed by atoms with van der Waals surface area (Å²) in [7, 11) is 3.23. The topological polar surface area (TPSA) is 60.1 Å². The lowest BCUT2D eigenvalue weighted by Gasteiger charge is -2.23. The summed E-state index contributed by atoms with van der Waals surface area (Å²) < 4.78 is 3.90. The Hall–Kier alpha value is -2.25. The van der Waals surface area contributed by atoms with E-state index in [1.165, 1.54) is 11.7 Å². The molecule has 6 nitrogen and oxygen atoms in total. The van der Waals surface area contributed by atoms with Gasteiger partial charge in [0.05, 0.1) is 16.3 Å². The van der Waals surface area contributed by atoms with Gasteiger partial charge in [0, 0.05) is 32.4 Å². The Balaban J connectivity index is 1.66. The van der Waals surface area contributed by atoms with Crippen LogP contribution in [-0.4, -0.2) is 25.6 Å².